The molecule has 0 spiro atoms. The molecule has 2 heteroatoms. The molecule has 0 aromatic rings. The van der Waals surface area contributed by atoms with Crippen LogP contribution in [0.5, 0.6) is 0 Å². The van der Waals surface area contributed by atoms with E-state index in [9.17, 15) is 0 Å². The van der Waals surface area contributed by atoms with Crippen LogP contribution in [0.2, 0.25) is 0 Å². The third-order valence-corrected chi connectivity index (χ3v) is 2.68. The second-order valence-corrected chi connectivity index (χ2v) is 5.15. The molecular weight excluding hydrogens is 160 g/mol. The molecule has 0 heterocycles. The van der Waals surface area contributed by atoms with Crippen molar-refractivity contribution in [1.29, 1.82) is 0 Å². The monoisotopic (exact) mass is 186 g/mol. The molecule has 80 valence electrons. The highest BCUT2D eigenvalue weighted by atomic mass is 15.2. The number of nitrogens with two attached hydrogens (primary N) is 1. The Bertz CT molecular complexity index is 136. The molecule has 2 nitrogen and oxygen atoms in total. The van der Waals surface area contributed by atoms with Crippen LogP contribution in [0.15, 0.2) is 0 Å². The lowest BCUT2D eigenvalue weighted by atomic mass is 9.87. The second kappa shape index (κ2) is 4.97. The van der Waals surface area contributed by atoms with Gasteiger partial charge in [0, 0.05) is 18.6 Å². The Kier molecular flexibility index (Phi) is 4.93. The van der Waals surface area contributed by atoms with E-state index in [1.165, 1.54) is 0 Å². The van der Waals surface area contributed by atoms with E-state index in [0.29, 0.717) is 6.04 Å². The van der Waals surface area contributed by atoms with Gasteiger partial charge in [-0.1, -0.05) is 27.7 Å². The highest BCUT2D eigenvalue weighted by Crippen LogP contribution is 2.18. The molecule has 0 aliphatic rings. The summed E-state index contributed by atoms with van der Waals surface area (Å²) in [5, 5.41) is 0. The van der Waals surface area contributed by atoms with Gasteiger partial charge in [-0.2, -0.15) is 0 Å². The van der Waals surface area contributed by atoms with Crippen molar-refractivity contribution in [2.45, 2.75) is 53.6 Å². The predicted molar refractivity (Wildman–Crippen MR) is 59.8 cm³/mol. The summed E-state index contributed by atoms with van der Waals surface area (Å²) in [5.41, 5.74) is 6.33. The summed E-state index contributed by atoms with van der Waals surface area (Å²) in [6.45, 7) is 15.3. The van der Waals surface area contributed by atoms with Gasteiger partial charge in [0.05, 0.1) is 0 Å². The number of nitrogens with zero attached hydrogens (tertiary/aromatic N) is 1. The quantitative estimate of drug-likeness (QED) is 0.728. The average Bonchev–Trinajstić information content (AvgIpc) is 1.96. The Balaban J connectivity index is 4.09. The van der Waals surface area contributed by atoms with Crippen LogP contribution in [0.25, 0.3) is 0 Å². The molecule has 0 saturated heterocycles. The highest BCUT2D eigenvalue weighted by Gasteiger charge is 2.23. The van der Waals surface area contributed by atoms with Crippen LogP contribution >= 0.6 is 0 Å². The first-order valence-electron chi connectivity index (χ1n) is 5.28. The maximum atomic E-state index is 6.12. The summed E-state index contributed by atoms with van der Waals surface area (Å²) >= 11 is 0. The van der Waals surface area contributed by atoms with Gasteiger partial charge in [-0.25, -0.2) is 0 Å². The van der Waals surface area contributed by atoms with Gasteiger partial charge >= 0.3 is 0 Å². The topological polar surface area (TPSA) is 29.3 Å². The summed E-state index contributed by atoms with van der Waals surface area (Å²) in [4.78, 5) is 2.41. The number of hydrogen-bond donors (Lipinski definition) is 1. The number of likely N-dealkylation sites (N-methyl/N-ethyl adjacent to an activating group) is 1. The maximum Gasteiger partial charge on any atom is 0.0217 e. The Labute approximate surface area is 83.5 Å². The van der Waals surface area contributed by atoms with Crippen molar-refractivity contribution in [2.24, 2.45) is 11.1 Å². The molecule has 13 heavy (non-hydrogen) atoms. The standard InChI is InChI=1S/C11H26N2/c1-7-13(9(2)3)8-10(12)11(4,5)6/h9-10H,7-8,12H2,1-6H3. The van der Waals surface area contributed by atoms with Gasteiger partial charge in [0.15, 0.2) is 0 Å². The Morgan fingerprint density at radius 1 is 1.23 bits per heavy atom. The summed E-state index contributed by atoms with van der Waals surface area (Å²) in [5.74, 6) is 0. The highest BCUT2D eigenvalue weighted by molar-refractivity contribution is 4.80. The first-order valence-corrected chi connectivity index (χ1v) is 5.28. The van der Waals surface area contributed by atoms with E-state index in [1.54, 1.807) is 0 Å². The minimum absolute atomic E-state index is 0.211. The predicted octanol–water partition coefficient (Wildman–Crippen LogP) is 2.09. The Hall–Kier alpha value is -0.0800. The molecule has 0 aliphatic heterocycles. The van der Waals surface area contributed by atoms with E-state index in [-0.39, 0.29) is 11.5 Å². The van der Waals surface area contributed by atoms with Crippen molar-refractivity contribution in [3.63, 3.8) is 0 Å². The van der Waals surface area contributed by atoms with Crippen LogP contribution < -0.4 is 5.73 Å². The fraction of sp³-hybridized carbons (Fsp3) is 1.00. The molecule has 0 aromatic carbocycles. The zero-order valence-electron chi connectivity index (χ0n) is 10.1. The number of hydrogen-bond acceptors (Lipinski definition) is 2. The van der Waals surface area contributed by atoms with Crippen molar-refractivity contribution in [1.82, 2.24) is 4.90 Å². The van der Waals surface area contributed by atoms with E-state index in [0.717, 1.165) is 13.1 Å². The van der Waals surface area contributed by atoms with E-state index in [1.807, 2.05) is 0 Å². The molecule has 0 aliphatic carbocycles. The van der Waals surface area contributed by atoms with E-state index in [2.05, 4.69) is 46.4 Å². The minimum atomic E-state index is 0.211. The summed E-state index contributed by atoms with van der Waals surface area (Å²) in [6, 6.07) is 0.855. The molecule has 2 N–H and O–H groups in total. The molecule has 0 bridgehead atoms. The third-order valence-electron chi connectivity index (χ3n) is 2.68. The lowest BCUT2D eigenvalue weighted by Crippen LogP contribution is -2.47. The lowest BCUT2D eigenvalue weighted by molar-refractivity contribution is 0.174. The fourth-order valence-electron chi connectivity index (χ4n) is 1.23. The van der Waals surface area contributed by atoms with Gasteiger partial charge in [-0.15, -0.1) is 0 Å². The van der Waals surface area contributed by atoms with Crippen molar-refractivity contribution in [3.8, 4) is 0 Å². The van der Waals surface area contributed by atoms with E-state index in [4.69, 9.17) is 5.73 Å². The largest absolute Gasteiger partial charge is 0.326 e. The first kappa shape index (κ1) is 12.9. The van der Waals surface area contributed by atoms with E-state index >= 15 is 0 Å². The van der Waals surface area contributed by atoms with Crippen LogP contribution in [0, 0.1) is 5.41 Å². The summed E-state index contributed by atoms with van der Waals surface area (Å²) in [7, 11) is 0. The third kappa shape index (κ3) is 4.63. The fourth-order valence-corrected chi connectivity index (χ4v) is 1.23. The molecule has 0 aromatic heterocycles. The van der Waals surface area contributed by atoms with Crippen molar-refractivity contribution < 1.29 is 0 Å². The first-order chi connectivity index (χ1) is 5.79. The zero-order chi connectivity index (χ0) is 10.6. The van der Waals surface area contributed by atoms with Crippen molar-refractivity contribution >= 4 is 0 Å². The smallest absolute Gasteiger partial charge is 0.0217 e. The molecule has 0 radical (unpaired) electrons. The van der Waals surface area contributed by atoms with Gasteiger partial charge in [0.25, 0.3) is 0 Å². The van der Waals surface area contributed by atoms with Crippen LogP contribution in [0.1, 0.15) is 41.5 Å². The van der Waals surface area contributed by atoms with Gasteiger partial charge in [0.2, 0.25) is 0 Å². The molecule has 0 rings (SSSR count). The second-order valence-electron chi connectivity index (χ2n) is 5.15. The van der Waals surface area contributed by atoms with Crippen LogP contribution in [0.3, 0.4) is 0 Å². The molecule has 0 fully saturated rings. The van der Waals surface area contributed by atoms with Gasteiger partial charge < -0.3 is 5.73 Å². The van der Waals surface area contributed by atoms with Crippen molar-refractivity contribution in [3.05, 3.63) is 0 Å². The summed E-state index contributed by atoms with van der Waals surface area (Å²) in [6.07, 6.45) is 0. The average molecular weight is 186 g/mol. The zero-order valence-corrected chi connectivity index (χ0v) is 10.1. The SMILES string of the molecule is CCN(CC(N)C(C)(C)C)C(C)C. The van der Waals surface area contributed by atoms with Gasteiger partial charge in [-0.3, -0.25) is 4.90 Å². The Morgan fingerprint density at radius 2 is 1.69 bits per heavy atom. The lowest BCUT2D eigenvalue weighted by Gasteiger charge is -2.34. The Morgan fingerprint density at radius 3 is 1.92 bits per heavy atom. The van der Waals surface area contributed by atoms with Crippen LogP contribution in [-0.2, 0) is 0 Å². The number of rotatable bonds is 4. The molecule has 1 atom stereocenters. The molecule has 1 unspecified atom stereocenters. The normalized spacial score (nSPS) is 15.5. The molecule has 0 saturated carbocycles. The minimum Gasteiger partial charge on any atom is -0.326 e. The van der Waals surface area contributed by atoms with Gasteiger partial charge in [0.1, 0.15) is 0 Å². The maximum absolute atomic E-state index is 6.12. The van der Waals surface area contributed by atoms with Crippen LogP contribution in [0.4, 0.5) is 0 Å². The summed E-state index contributed by atoms with van der Waals surface area (Å²) < 4.78 is 0. The molecule has 0 amide bonds. The molecular formula is C11H26N2. The van der Waals surface area contributed by atoms with E-state index < -0.39 is 0 Å². The van der Waals surface area contributed by atoms with Gasteiger partial charge in [-0.05, 0) is 25.8 Å². The van der Waals surface area contributed by atoms with Crippen LogP contribution in [-0.4, -0.2) is 30.1 Å². The van der Waals surface area contributed by atoms with Crippen molar-refractivity contribution in [2.75, 3.05) is 13.1 Å².